The van der Waals surface area contributed by atoms with Crippen molar-refractivity contribution < 1.29 is 22.3 Å². The number of rotatable bonds is 2. The number of benzene rings is 2. The Morgan fingerprint density at radius 3 is 2.35 bits per heavy atom. The zero-order valence-corrected chi connectivity index (χ0v) is 10.6. The lowest BCUT2D eigenvalue weighted by atomic mass is 10.2. The molecule has 2 nitrogen and oxygen atoms in total. The fourth-order valence-electron chi connectivity index (χ4n) is 1.52. The van der Waals surface area contributed by atoms with E-state index in [1.807, 2.05) is 0 Å². The van der Waals surface area contributed by atoms with Crippen LogP contribution in [0.4, 0.5) is 23.2 Å². The first-order valence-electron chi connectivity index (χ1n) is 5.37. The van der Waals surface area contributed by atoms with Crippen molar-refractivity contribution >= 4 is 17.3 Å². The summed E-state index contributed by atoms with van der Waals surface area (Å²) in [6.07, 6.45) is -4.68. The average Bonchev–Trinajstić information content (AvgIpc) is 2.32. The van der Waals surface area contributed by atoms with Gasteiger partial charge in [-0.3, -0.25) is 0 Å². The first-order valence-corrected chi connectivity index (χ1v) is 5.75. The zero-order chi connectivity index (χ0) is 14.9. The number of ether oxygens (including phenoxy) is 1. The summed E-state index contributed by atoms with van der Waals surface area (Å²) < 4.78 is 56.3. The summed E-state index contributed by atoms with van der Waals surface area (Å²) in [5.74, 6) is -1.51. The smallest absolute Gasteiger partial charge is 0.416 e. The van der Waals surface area contributed by atoms with Gasteiger partial charge in [-0.1, -0.05) is 17.7 Å². The summed E-state index contributed by atoms with van der Waals surface area (Å²) in [6, 6.07) is 6.94. The summed E-state index contributed by atoms with van der Waals surface area (Å²) in [6.45, 7) is 0. The van der Waals surface area contributed by atoms with Crippen LogP contribution in [-0.2, 0) is 6.18 Å². The van der Waals surface area contributed by atoms with E-state index < -0.39 is 28.3 Å². The summed E-state index contributed by atoms with van der Waals surface area (Å²) in [7, 11) is 0. The third-order valence-corrected chi connectivity index (χ3v) is 2.68. The second-order valence-electron chi connectivity index (χ2n) is 3.94. The van der Waals surface area contributed by atoms with Crippen molar-refractivity contribution in [2.75, 3.05) is 5.73 Å². The Hall–Kier alpha value is -1.95. The van der Waals surface area contributed by atoms with Gasteiger partial charge in [-0.05, 0) is 24.3 Å². The van der Waals surface area contributed by atoms with Crippen LogP contribution in [0.1, 0.15) is 5.56 Å². The van der Waals surface area contributed by atoms with Gasteiger partial charge in [-0.2, -0.15) is 13.2 Å². The Kier molecular flexibility index (Phi) is 3.76. The van der Waals surface area contributed by atoms with E-state index in [4.69, 9.17) is 22.1 Å². The van der Waals surface area contributed by atoms with Gasteiger partial charge in [0.2, 0.25) is 0 Å². The van der Waals surface area contributed by atoms with Crippen molar-refractivity contribution in [2.24, 2.45) is 0 Å². The molecule has 2 N–H and O–H groups in total. The highest BCUT2D eigenvalue weighted by Crippen LogP contribution is 2.38. The van der Waals surface area contributed by atoms with Crippen molar-refractivity contribution in [1.82, 2.24) is 0 Å². The molecule has 0 saturated carbocycles. The third-order valence-electron chi connectivity index (χ3n) is 2.40. The summed E-state index contributed by atoms with van der Waals surface area (Å²) in [5, 5.41) is -0.472. The number of nitrogen functional groups attached to an aromatic ring is 1. The maximum atomic E-state index is 13.7. The molecule has 2 aromatic carbocycles. The van der Waals surface area contributed by atoms with Crippen LogP contribution < -0.4 is 10.5 Å². The van der Waals surface area contributed by atoms with Crippen LogP contribution in [0.2, 0.25) is 5.02 Å². The van der Waals surface area contributed by atoms with Gasteiger partial charge in [0, 0.05) is 11.8 Å². The minimum absolute atomic E-state index is 0.172. The molecule has 0 heterocycles. The number of alkyl halides is 3. The van der Waals surface area contributed by atoms with E-state index >= 15 is 0 Å². The van der Waals surface area contributed by atoms with Gasteiger partial charge < -0.3 is 10.5 Å². The maximum absolute atomic E-state index is 13.7. The molecule has 0 amide bonds. The highest BCUT2D eigenvalue weighted by molar-refractivity contribution is 6.32. The van der Waals surface area contributed by atoms with E-state index in [1.54, 1.807) is 12.1 Å². The van der Waals surface area contributed by atoms with E-state index in [-0.39, 0.29) is 5.75 Å². The van der Waals surface area contributed by atoms with Gasteiger partial charge in [-0.15, -0.1) is 0 Å². The van der Waals surface area contributed by atoms with Gasteiger partial charge in [0.15, 0.2) is 11.6 Å². The monoisotopic (exact) mass is 305 g/mol. The molecule has 0 aromatic heterocycles. The Balaban J connectivity index is 2.38. The first kappa shape index (κ1) is 14.5. The minimum atomic E-state index is -4.68. The molecule has 0 unspecified atom stereocenters. The molecule has 0 aliphatic heterocycles. The van der Waals surface area contributed by atoms with Crippen LogP contribution in [0.3, 0.4) is 0 Å². The van der Waals surface area contributed by atoms with E-state index in [0.29, 0.717) is 17.8 Å². The highest BCUT2D eigenvalue weighted by atomic mass is 35.5. The van der Waals surface area contributed by atoms with Crippen LogP contribution in [-0.4, -0.2) is 0 Å². The average molecular weight is 306 g/mol. The predicted octanol–water partition coefficient (Wildman–Crippen LogP) is 4.87. The normalized spacial score (nSPS) is 11.4. The minimum Gasteiger partial charge on any atom is -0.453 e. The molecule has 0 saturated heterocycles. The molecule has 0 spiro atoms. The molecule has 2 aromatic rings. The van der Waals surface area contributed by atoms with E-state index in [2.05, 4.69) is 0 Å². The molecule has 0 atom stereocenters. The van der Waals surface area contributed by atoms with Gasteiger partial charge in [0.1, 0.15) is 5.75 Å². The zero-order valence-electron chi connectivity index (χ0n) is 9.84. The highest BCUT2D eigenvalue weighted by Gasteiger charge is 2.32. The summed E-state index contributed by atoms with van der Waals surface area (Å²) in [4.78, 5) is 0. The van der Waals surface area contributed by atoms with Crippen LogP contribution in [0.5, 0.6) is 11.5 Å². The van der Waals surface area contributed by atoms with Gasteiger partial charge in [0.25, 0.3) is 0 Å². The largest absolute Gasteiger partial charge is 0.453 e. The number of nitrogens with two attached hydrogens (primary N) is 1. The van der Waals surface area contributed by atoms with Crippen LogP contribution in [0, 0.1) is 5.82 Å². The Bertz CT molecular complexity index is 620. The number of halogens is 5. The third kappa shape index (κ3) is 3.14. The van der Waals surface area contributed by atoms with Crippen LogP contribution in [0.25, 0.3) is 0 Å². The van der Waals surface area contributed by atoms with E-state index in [0.717, 1.165) is 0 Å². The van der Waals surface area contributed by atoms with E-state index in [1.165, 1.54) is 12.1 Å². The molecular weight excluding hydrogens is 298 g/mol. The van der Waals surface area contributed by atoms with Crippen molar-refractivity contribution in [2.45, 2.75) is 6.18 Å². The first-order chi connectivity index (χ1) is 9.27. The fourth-order valence-corrected chi connectivity index (χ4v) is 1.76. The quantitative estimate of drug-likeness (QED) is 0.634. The Morgan fingerprint density at radius 2 is 1.80 bits per heavy atom. The molecule has 2 rings (SSSR count). The summed E-state index contributed by atoms with van der Waals surface area (Å²) in [5.41, 5.74) is 4.70. The molecule has 7 heteroatoms. The fraction of sp³-hybridized carbons (Fsp3) is 0.0769. The lowest BCUT2D eigenvalue weighted by Gasteiger charge is -2.12. The second kappa shape index (κ2) is 5.20. The summed E-state index contributed by atoms with van der Waals surface area (Å²) >= 11 is 5.63. The number of hydrogen-bond acceptors (Lipinski definition) is 2. The topological polar surface area (TPSA) is 35.2 Å². The molecule has 106 valence electrons. The predicted molar refractivity (Wildman–Crippen MR) is 67.3 cm³/mol. The lowest BCUT2D eigenvalue weighted by Crippen LogP contribution is -2.06. The second-order valence-corrected chi connectivity index (χ2v) is 4.35. The van der Waals surface area contributed by atoms with Crippen molar-refractivity contribution in [3.8, 4) is 11.5 Å². The molecule has 0 radical (unpaired) electrons. The van der Waals surface area contributed by atoms with Crippen LogP contribution in [0.15, 0.2) is 36.4 Å². The van der Waals surface area contributed by atoms with Crippen molar-refractivity contribution in [1.29, 1.82) is 0 Å². The molecule has 0 aliphatic rings. The van der Waals surface area contributed by atoms with E-state index in [9.17, 15) is 17.6 Å². The molecule has 0 fully saturated rings. The van der Waals surface area contributed by atoms with Gasteiger partial charge in [0.05, 0.1) is 10.6 Å². The van der Waals surface area contributed by atoms with Gasteiger partial charge in [-0.25, -0.2) is 4.39 Å². The van der Waals surface area contributed by atoms with Crippen molar-refractivity contribution in [3.63, 3.8) is 0 Å². The van der Waals surface area contributed by atoms with Gasteiger partial charge >= 0.3 is 6.18 Å². The van der Waals surface area contributed by atoms with Crippen LogP contribution >= 0.6 is 11.6 Å². The number of hydrogen-bond donors (Lipinski definition) is 1. The Labute approximate surface area is 116 Å². The van der Waals surface area contributed by atoms with Crippen molar-refractivity contribution in [3.05, 3.63) is 52.8 Å². The number of anilines is 1. The standard InChI is InChI=1S/C13H8ClF4NO/c14-10-4-7(13(16,17)18)5-11(15)12(10)20-9-3-1-2-8(19)6-9/h1-6H,19H2. The molecule has 20 heavy (non-hydrogen) atoms. The lowest BCUT2D eigenvalue weighted by molar-refractivity contribution is -0.137. The molecular formula is C13H8ClF4NO. The Morgan fingerprint density at radius 1 is 1.10 bits per heavy atom. The maximum Gasteiger partial charge on any atom is 0.416 e. The molecule has 0 bridgehead atoms. The molecule has 0 aliphatic carbocycles. The SMILES string of the molecule is Nc1cccc(Oc2c(F)cc(C(F)(F)F)cc2Cl)c1.